The van der Waals surface area contributed by atoms with Gasteiger partial charge in [-0.1, -0.05) is 6.07 Å². The van der Waals surface area contributed by atoms with Crippen molar-refractivity contribution in [2.45, 2.75) is 12.8 Å². The summed E-state index contributed by atoms with van der Waals surface area (Å²) in [5.74, 6) is 0.746. The van der Waals surface area contributed by atoms with Gasteiger partial charge in [-0.3, -0.25) is 0 Å². The Morgan fingerprint density at radius 1 is 1.38 bits per heavy atom. The summed E-state index contributed by atoms with van der Waals surface area (Å²) >= 11 is 3.17. The molecule has 114 valence electrons. The van der Waals surface area contributed by atoms with Crippen molar-refractivity contribution in [3.05, 3.63) is 40.6 Å². The lowest BCUT2D eigenvalue weighted by Gasteiger charge is -2.02. The van der Waals surface area contributed by atoms with Crippen molar-refractivity contribution in [3.8, 4) is 11.3 Å². The summed E-state index contributed by atoms with van der Waals surface area (Å²) in [6, 6.07) is 5.10. The van der Waals surface area contributed by atoms with Crippen LogP contribution in [0, 0.1) is 5.82 Å². The zero-order chi connectivity index (χ0) is 15.1. The molecule has 1 N–H and O–H groups in total. The first-order chi connectivity index (χ1) is 10.2. The number of aryl methyl sites for hydroxylation is 1. The number of halogens is 2. The van der Waals surface area contributed by atoms with E-state index >= 15 is 0 Å². The second kappa shape index (κ2) is 8.26. The second-order valence-electron chi connectivity index (χ2n) is 4.57. The smallest absolute Gasteiger partial charge is 0.194 e. The average Bonchev–Trinajstić information content (AvgIpc) is 2.94. The maximum Gasteiger partial charge on any atom is 0.194 e. The van der Waals surface area contributed by atoms with Gasteiger partial charge < -0.3 is 14.5 Å². The van der Waals surface area contributed by atoms with Crippen LogP contribution in [-0.4, -0.2) is 31.8 Å². The van der Waals surface area contributed by atoms with Gasteiger partial charge in [0.05, 0.1) is 22.8 Å². The fourth-order valence-electron chi connectivity index (χ4n) is 1.91. The Kier molecular flexibility index (Phi) is 6.35. The van der Waals surface area contributed by atoms with Gasteiger partial charge in [0.1, 0.15) is 5.82 Å². The van der Waals surface area contributed by atoms with Crippen LogP contribution in [-0.2, 0) is 11.2 Å². The van der Waals surface area contributed by atoms with E-state index in [1.165, 1.54) is 0 Å². The quantitative estimate of drug-likeness (QED) is 0.736. The van der Waals surface area contributed by atoms with Crippen LogP contribution in [0.1, 0.15) is 12.3 Å². The molecule has 1 heterocycles. The molecule has 6 heteroatoms. The molecule has 0 saturated heterocycles. The fourth-order valence-corrected chi connectivity index (χ4v) is 2.27. The molecule has 21 heavy (non-hydrogen) atoms. The molecule has 0 radical (unpaired) electrons. The minimum absolute atomic E-state index is 0.332. The molecule has 0 unspecified atom stereocenters. The lowest BCUT2D eigenvalue weighted by Crippen LogP contribution is -2.20. The molecule has 0 aliphatic carbocycles. The summed E-state index contributed by atoms with van der Waals surface area (Å²) in [5.41, 5.74) is 0.418. The van der Waals surface area contributed by atoms with Gasteiger partial charge in [0.15, 0.2) is 11.7 Å². The number of nitrogens with zero attached hydrogens (tertiary/aromatic N) is 1. The van der Waals surface area contributed by atoms with Crippen molar-refractivity contribution in [2.75, 3.05) is 26.8 Å². The topological polar surface area (TPSA) is 47.3 Å². The molecular formula is C15H18BrFN2O2. The first-order valence-electron chi connectivity index (χ1n) is 6.81. The highest BCUT2D eigenvalue weighted by Crippen LogP contribution is 2.28. The maximum atomic E-state index is 14.0. The Morgan fingerprint density at radius 3 is 3.05 bits per heavy atom. The first-order valence-corrected chi connectivity index (χ1v) is 7.60. The van der Waals surface area contributed by atoms with E-state index in [1.54, 1.807) is 31.5 Å². The number of ether oxygens (including phenoxy) is 1. The molecule has 0 fully saturated rings. The van der Waals surface area contributed by atoms with Gasteiger partial charge >= 0.3 is 0 Å². The van der Waals surface area contributed by atoms with Crippen molar-refractivity contribution in [3.63, 3.8) is 0 Å². The maximum absolute atomic E-state index is 14.0. The van der Waals surface area contributed by atoms with Crippen LogP contribution in [0.4, 0.5) is 4.39 Å². The minimum atomic E-state index is -0.332. The Hall–Kier alpha value is -1.24. The predicted molar refractivity (Wildman–Crippen MR) is 82.7 cm³/mol. The normalized spacial score (nSPS) is 11.0. The SMILES string of the molecule is COCCNCCCc1ncc(-c2cccc(Br)c2F)o1. The van der Waals surface area contributed by atoms with Crippen LogP contribution in [0.25, 0.3) is 11.3 Å². The molecule has 2 rings (SSSR count). The molecule has 0 amide bonds. The molecule has 1 aromatic heterocycles. The summed E-state index contributed by atoms with van der Waals surface area (Å²) in [6.07, 6.45) is 3.19. The molecule has 0 atom stereocenters. The highest BCUT2D eigenvalue weighted by atomic mass is 79.9. The number of benzene rings is 1. The minimum Gasteiger partial charge on any atom is -0.441 e. The van der Waals surface area contributed by atoms with Gasteiger partial charge in [0.25, 0.3) is 0 Å². The molecule has 0 bridgehead atoms. The predicted octanol–water partition coefficient (Wildman–Crippen LogP) is 3.41. The van der Waals surface area contributed by atoms with E-state index in [2.05, 4.69) is 26.2 Å². The summed E-state index contributed by atoms with van der Waals surface area (Å²) < 4.78 is 24.9. The largest absolute Gasteiger partial charge is 0.441 e. The van der Waals surface area contributed by atoms with Crippen LogP contribution in [0.5, 0.6) is 0 Å². The van der Waals surface area contributed by atoms with E-state index in [0.29, 0.717) is 28.3 Å². The number of nitrogens with one attached hydrogen (secondary N) is 1. The van der Waals surface area contributed by atoms with Crippen LogP contribution in [0.15, 0.2) is 33.3 Å². The van der Waals surface area contributed by atoms with E-state index < -0.39 is 0 Å². The van der Waals surface area contributed by atoms with Gasteiger partial charge in [0.2, 0.25) is 0 Å². The van der Waals surface area contributed by atoms with E-state index in [4.69, 9.17) is 9.15 Å². The van der Waals surface area contributed by atoms with Crippen LogP contribution < -0.4 is 5.32 Å². The number of hydrogen-bond acceptors (Lipinski definition) is 4. The van der Waals surface area contributed by atoms with Gasteiger partial charge in [-0.2, -0.15) is 0 Å². The lowest BCUT2D eigenvalue weighted by molar-refractivity contribution is 0.199. The summed E-state index contributed by atoms with van der Waals surface area (Å²) in [6.45, 7) is 2.40. The van der Waals surface area contributed by atoms with E-state index in [9.17, 15) is 4.39 Å². The zero-order valence-electron chi connectivity index (χ0n) is 11.9. The Balaban J connectivity index is 1.88. The Bertz CT molecular complexity index is 575. The number of methoxy groups -OCH3 is 1. The summed E-state index contributed by atoms with van der Waals surface area (Å²) in [7, 11) is 1.68. The van der Waals surface area contributed by atoms with E-state index in [0.717, 1.165) is 25.9 Å². The molecular weight excluding hydrogens is 339 g/mol. The highest BCUT2D eigenvalue weighted by Gasteiger charge is 2.12. The molecule has 4 nitrogen and oxygen atoms in total. The number of oxazole rings is 1. The Morgan fingerprint density at radius 2 is 2.24 bits per heavy atom. The van der Waals surface area contributed by atoms with Crippen molar-refractivity contribution < 1.29 is 13.5 Å². The summed E-state index contributed by atoms with van der Waals surface area (Å²) in [5, 5.41) is 3.25. The Labute approximate surface area is 131 Å². The summed E-state index contributed by atoms with van der Waals surface area (Å²) in [4.78, 5) is 4.20. The van der Waals surface area contributed by atoms with Crippen LogP contribution in [0.3, 0.4) is 0 Å². The first kappa shape index (κ1) is 16.1. The van der Waals surface area contributed by atoms with Crippen LogP contribution >= 0.6 is 15.9 Å². The molecule has 0 aliphatic heterocycles. The van der Waals surface area contributed by atoms with Gasteiger partial charge in [0, 0.05) is 20.1 Å². The third-order valence-corrected chi connectivity index (χ3v) is 3.61. The number of aromatic nitrogens is 1. The van der Waals surface area contributed by atoms with Gasteiger partial charge in [-0.15, -0.1) is 0 Å². The fraction of sp³-hybridized carbons (Fsp3) is 0.400. The molecule has 0 spiro atoms. The number of hydrogen-bond donors (Lipinski definition) is 1. The van der Waals surface area contributed by atoms with Crippen molar-refractivity contribution in [1.82, 2.24) is 10.3 Å². The second-order valence-corrected chi connectivity index (χ2v) is 5.42. The average molecular weight is 357 g/mol. The van der Waals surface area contributed by atoms with Gasteiger partial charge in [-0.25, -0.2) is 9.37 Å². The third kappa shape index (κ3) is 4.62. The van der Waals surface area contributed by atoms with Gasteiger partial charge in [-0.05, 0) is 41.0 Å². The lowest BCUT2D eigenvalue weighted by atomic mass is 10.2. The van der Waals surface area contributed by atoms with Crippen LogP contribution in [0.2, 0.25) is 0 Å². The number of rotatable bonds is 8. The van der Waals surface area contributed by atoms with Crippen molar-refractivity contribution in [2.24, 2.45) is 0 Å². The zero-order valence-corrected chi connectivity index (χ0v) is 13.5. The molecule has 0 saturated carbocycles. The highest BCUT2D eigenvalue weighted by molar-refractivity contribution is 9.10. The van der Waals surface area contributed by atoms with E-state index in [-0.39, 0.29) is 5.82 Å². The van der Waals surface area contributed by atoms with Crippen molar-refractivity contribution in [1.29, 1.82) is 0 Å². The monoisotopic (exact) mass is 356 g/mol. The molecule has 2 aromatic rings. The molecule has 1 aromatic carbocycles. The standard InChI is InChI=1S/C15H18BrFN2O2/c1-20-9-8-18-7-3-6-14-19-10-13(21-14)11-4-2-5-12(16)15(11)17/h2,4-5,10,18H,3,6-9H2,1H3. The van der Waals surface area contributed by atoms with E-state index in [1.807, 2.05) is 0 Å². The van der Waals surface area contributed by atoms with Crippen molar-refractivity contribution >= 4 is 15.9 Å². The molecule has 0 aliphatic rings. The third-order valence-electron chi connectivity index (χ3n) is 3.00.